The highest BCUT2D eigenvalue weighted by molar-refractivity contribution is 7.81. The van der Waals surface area contributed by atoms with Crippen LogP contribution in [0.2, 0.25) is 0 Å². The fraction of sp³-hybridized carbons (Fsp3) is 0.200. The van der Waals surface area contributed by atoms with Gasteiger partial charge in [-0.25, -0.2) is 0 Å². The predicted octanol–water partition coefficient (Wildman–Crippen LogP) is 2.93. The third kappa shape index (κ3) is 2.30. The van der Waals surface area contributed by atoms with Crippen LogP contribution >= 0.6 is 25.3 Å². The SMILES string of the molecule is C=Cc1c(S)cc(S)cc1C(C)N. The molecule has 13 heavy (non-hydrogen) atoms. The van der Waals surface area contributed by atoms with Crippen molar-refractivity contribution in [1.82, 2.24) is 0 Å². The quantitative estimate of drug-likeness (QED) is 0.644. The van der Waals surface area contributed by atoms with Crippen LogP contribution in [0.4, 0.5) is 0 Å². The zero-order valence-electron chi connectivity index (χ0n) is 7.49. The van der Waals surface area contributed by atoms with Gasteiger partial charge in [-0.15, -0.1) is 25.3 Å². The molecule has 0 saturated heterocycles. The normalized spacial score (nSPS) is 12.6. The van der Waals surface area contributed by atoms with Crippen LogP contribution in [0, 0.1) is 0 Å². The molecule has 0 fully saturated rings. The average molecular weight is 211 g/mol. The fourth-order valence-corrected chi connectivity index (χ4v) is 1.97. The smallest absolute Gasteiger partial charge is 0.0272 e. The highest BCUT2D eigenvalue weighted by Crippen LogP contribution is 2.27. The van der Waals surface area contributed by atoms with E-state index in [1.54, 1.807) is 6.08 Å². The largest absolute Gasteiger partial charge is 0.324 e. The lowest BCUT2D eigenvalue weighted by Gasteiger charge is -2.12. The maximum absolute atomic E-state index is 5.81. The number of nitrogens with two attached hydrogens (primary N) is 1. The minimum Gasteiger partial charge on any atom is -0.324 e. The van der Waals surface area contributed by atoms with Crippen LogP contribution in [0.1, 0.15) is 24.1 Å². The van der Waals surface area contributed by atoms with E-state index >= 15 is 0 Å². The first-order chi connectivity index (χ1) is 6.06. The van der Waals surface area contributed by atoms with E-state index in [-0.39, 0.29) is 6.04 Å². The van der Waals surface area contributed by atoms with Crippen LogP contribution in [0.15, 0.2) is 28.5 Å². The zero-order chi connectivity index (χ0) is 10.0. The molecule has 0 amide bonds. The summed E-state index contributed by atoms with van der Waals surface area (Å²) < 4.78 is 0. The second kappa shape index (κ2) is 4.22. The third-order valence-electron chi connectivity index (χ3n) is 1.87. The average Bonchev–Trinajstić information content (AvgIpc) is 2.02. The van der Waals surface area contributed by atoms with Gasteiger partial charge in [-0.1, -0.05) is 12.7 Å². The van der Waals surface area contributed by atoms with Crippen molar-refractivity contribution in [1.29, 1.82) is 0 Å². The highest BCUT2D eigenvalue weighted by atomic mass is 32.1. The lowest BCUT2D eigenvalue weighted by Crippen LogP contribution is -2.07. The van der Waals surface area contributed by atoms with Gasteiger partial charge in [0.25, 0.3) is 0 Å². The lowest BCUT2D eigenvalue weighted by atomic mass is 10.0. The standard InChI is InChI=1S/C10H13NS2/c1-3-8-9(6(2)11)4-7(12)5-10(8)13/h3-6,12-13H,1,11H2,2H3. The third-order valence-corrected chi connectivity index (χ3v) is 2.50. The Balaban J connectivity index is 3.38. The van der Waals surface area contributed by atoms with Crippen molar-refractivity contribution < 1.29 is 0 Å². The molecular weight excluding hydrogens is 198 g/mol. The number of benzene rings is 1. The first-order valence-corrected chi connectivity index (χ1v) is 4.89. The molecule has 1 atom stereocenters. The summed E-state index contributed by atoms with van der Waals surface area (Å²) in [5, 5.41) is 0. The summed E-state index contributed by atoms with van der Waals surface area (Å²) >= 11 is 8.60. The molecular formula is C10H13NS2. The van der Waals surface area contributed by atoms with Gasteiger partial charge in [0.05, 0.1) is 0 Å². The first-order valence-electron chi connectivity index (χ1n) is 4.00. The van der Waals surface area contributed by atoms with Crippen molar-refractivity contribution >= 4 is 31.3 Å². The van der Waals surface area contributed by atoms with Gasteiger partial charge in [0, 0.05) is 15.8 Å². The Hall–Kier alpha value is -0.380. The predicted molar refractivity (Wildman–Crippen MR) is 63.6 cm³/mol. The zero-order valence-corrected chi connectivity index (χ0v) is 9.28. The molecule has 0 spiro atoms. The summed E-state index contributed by atoms with van der Waals surface area (Å²) in [5.41, 5.74) is 7.84. The van der Waals surface area contributed by atoms with Gasteiger partial charge in [0.2, 0.25) is 0 Å². The van der Waals surface area contributed by atoms with Gasteiger partial charge in [0.1, 0.15) is 0 Å². The summed E-state index contributed by atoms with van der Waals surface area (Å²) in [7, 11) is 0. The van der Waals surface area contributed by atoms with Gasteiger partial charge in [-0.05, 0) is 30.2 Å². The summed E-state index contributed by atoms with van der Waals surface area (Å²) in [5.74, 6) is 0. The maximum Gasteiger partial charge on any atom is 0.0272 e. The molecule has 0 heterocycles. The van der Waals surface area contributed by atoms with Crippen molar-refractivity contribution in [3.8, 4) is 0 Å². The molecule has 1 nitrogen and oxygen atoms in total. The second-order valence-corrected chi connectivity index (χ2v) is 3.96. The van der Waals surface area contributed by atoms with Crippen LogP contribution in [0.5, 0.6) is 0 Å². The van der Waals surface area contributed by atoms with Gasteiger partial charge in [-0.3, -0.25) is 0 Å². The molecule has 1 rings (SSSR count). The number of hydrogen-bond acceptors (Lipinski definition) is 3. The number of rotatable bonds is 2. The molecule has 1 unspecified atom stereocenters. The van der Waals surface area contributed by atoms with E-state index in [9.17, 15) is 0 Å². The van der Waals surface area contributed by atoms with Gasteiger partial charge in [-0.2, -0.15) is 0 Å². The Bertz CT molecular complexity index is 332. The van der Waals surface area contributed by atoms with E-state index in [1.807, 2.05) is 19.1 Å². The Kier molecular flexibility index (Phi) is 3.47. The van der Waals surface area contributed by atoms with E-state index in [0.717, 1.165) is 20.9 Å². The van der Waals surface area contributed by atoms with Crippen LogP contribution in [-0.2, 0) is 0 Å². The molecule has 0 aliphatic heterocycles. The molecule has 1 aromatic carbocycles. The van der Waals surface area contributed by atoms with Gasteiger partial charge < -0.3 is 5.73 Å². The van der Waals surface area contributed by atoms with Crippen LogP contribution in [0.25, 0.3) is 6.08 Å². The molecule has 1 aromatic rings. The summed E-state index contributed by atoms with van der Waals surface area (Å²) in [6.45, 7) is 5.67. The van der Waals surface area contributed by atoms with Crippen molar-refractivity contribution in [2.45, 2.75) is 22.8 Å². The Morgan fingerprint density at radius 3 is 2.54 bits per heavy atom. The topological polar surface area (TPSA) is 26.0 Å². The molecule has 0 radical (unpaired) electrons. The van der Waals surface area contributed by atoms with E-state index in [1.165, 1.54) is 0 Å². The lowest BCUT2D eigenvalue weighted by molar-refractivity contribution is 0.808. The van der Waals surface area contributed by atoms with Crippen molar-refractivity contribution in [2.24, 2.45) is 5.73 Å². The number of thiol groups is 2. The Morgan fingerprint density at radius 2 is 2.08 bits per heavy atom. The molecule has 70 valence electrons. The molecule has 0 aromatic heterocycles. The molecule has 0 aliphatic rings. The van der Waals surface area contributed by atoms with E-state index < -0.39 is 0 Å². The van der Waals surface area contributed by atoms with Crippen molar-refractivity contribution in [2.75, 3.05) is 0 Å². The number of hydrogen-bond donors (Lipinski definition) is 3. The van der Waals surface area contributed by atoms with Crippen LogP contribution in [0.3, 0.4) is 0 Å². The van der Waals surface area contributed by atoms with Gasteiger partial charge >= 0.3 is 0 Å². The minimum atomic E-state index is -0.0222. The van der Waals surface area contributed by atoms with E-state index in [0.29, 0.717) is 0 Å². The first kappa shape index (κ1) is 10.7. The van der Waals surface area contributed by atoms with E-state index in [2.05, 4.69) is 31.8 Å². The second-order valence-electron chi connectivity index (χ2n) is 2.96. The van der Waals surface area contributed by atoms with Crippen LogP contribution in [-0.4, -0.2) is 0 Å². The van der Waals surface area contributed by atoms with Crippen molar-refractivity contribution in [3.05, 3.63) is 29.8 Å². The van der Waals surface area contributed by atoms with Crippen LogP contribution < -0.4 is 5.73 Å². The molecule has 0 bridgehead atoms. The summed E-state index contributed by atoms with van der Waals surface area (Å²) in [4.78, 5) is 1.75. The molecule has 3 heteroatoms. The molecule has 0 saturated carbocycles. The summed E-state index contributed by atoms with van der Waals surface area (Å²) in [6, 6.07) is 3.81. The van der Waals surface area contributed by atoms with E-state index in [4.69, 9.17) is 5.73 Å². The monoisotopic (exact) mass is 211 g/mol. The van der Waals surface area contributed by atoms with Gasteiger partial charge in [0.15, 0.2) is 0 Å². The van der Waals surface area contributed by atoms with Crippen molar-refractivity contribution in [3.63, 3.8) is 0 Å². The Labute approximate surface area is 89.9 Å². The molecule has 2 N–H and O–H groups in total. The highest BCUT2D eigenvalue weighted by Gasteiger charge is 2.08. The Morgan fingerprint density at radius 1 is 1.46 bits per heavy atom. The fourth-order valence-electron chi connectivity index (χ4n) is 1.24. The molecule has 0 aliphatic carbocycles. The summed E-state index contributed by atoms with van der Waals surface area (Å²) in [6.07, 6.45) is 1.77. The maximum atomic E-state index is 5.81. The minimum absolute atomic E-state index is 0.0222.